The summed E-state index contributed by atoms with van der Waals surface area (Å²) in [5, 5.41) is 6.04. The monoisotopic (exact) mass is 368 g/mol. The Balaban J connectivity index is 1.81. The Morgan fingerprint density at radius 2 is 2.00 bits per heavy atom. The maximum Gasteiger partial charge on any atom is 0.255 e. The lowest BCUT2D eigenvalue weighted by molar-refractivity contribution is -0.113. The number of hydrogen-bond donors (Lipinski definition) is 2. The summed E-state index contributed by atoms with van der Waals surface area (Å²) < 4.78 is 5.60. The van der Waals surface area contributed by atoms with Crippen LogP contribution in [0.25, 0.3) is 6.08 Å². The van der Waals surface area contributed by atoms with Crippen LogP contribution in [0.3, 0.4) is 0 Å². The van der Waals surface area contributed by atoms with Crippen molar-refractivity contribution in [3.63, 3.8) is 0 Å². The molecule has 6 heteroatoms. The summed E-state index contributed by atoms with van der Waals surface area (Å²) in [5.74, 6) is 0.0570. The lowest BCUT2D eigenvalue weighted by Crippen LogP contribution is -2.26. The normalized spacial score (nSPS) is 12.3. The van der Waals surface area contributed by atoms with Crippen molar-refractivity contribution >= 4 is 35.2 Å². The molecule has 2 amide bonds. The van der Waals surface area contributed by atoms with Crippen LogP contribution in [0.1, 0.15) is 15.9 Å². The Morgan fingerprint density at radius 1 is 1.19 bits per heavy atom. The van der Waals surface area contributed by atoms with Crippen LogP contribution >= 0.6 is 11.6 Å². The summed E-state index contributed by atoms with van der Waals surface area (Å²) in [6, 6.07) is 12.0. The molecule has 0 aliphatic carbocycles. The first-order valence-corrected chi connectivity index (χ1v) is 8.38. The van der Waals surface area contributed by atoms with Crippen LogP contribution in [0.4, 0.5) is 5.69 Å². The number of carbonyl (C=O) groups is 2. The van der Waals surface area contributed by atoms with Gasteiger partial charge >= 0.3 is 0 Å². The molecule has 26 heavy (non-hydrogen) atoms. The van der Waals surface area contributed by atoms with E-state index in [4.69, 9.17) is 16.3 Å². The molecule has 3 rings (SSSR count). The van der Waals surface area contributed by atoms with Crippen molar-refractivity contribution in [3.8, 4) is 5.75 Å². The van der Waals surface area contributed by atoms with Gasteiger partial charge in [-0.1, -0.05) is 29.8 Å². The second-order valence-corrected chi connectivity index (χ2v) is 6.08. The topological polar surface area (TPSA) is 67.4 Å². The molecule has 0 saturated carbocycles. The second kappa shape index (κ2) is 7.89. The van der Waals surface area contributed by atoms with Gasteiger partial charge in [-0.25, -0.2) is 0 Å². The Labute approximate surface area is 156 Å². The highest BCUT2D eigenvalue weighted by Gasteiger charge is 2.19. The Kier molecular flexibility index (Phi) is 5.39. The number of anilines is 1. The Morgan fingerprint density at radius 3 is 2.81 bits per heavy atom. The first-order valence-electron chi connectivity index (χ1n) is 8.01. The molecule has 132 valence electrons. The summed E-state index contributed by atoms with van der Waals surface area (Å²) in [5.41, 5.74) is 1.99. The third-order valence-electron chi connectivity index (χ3n) is 3.80. The number of ether oxygens (including phenoxy) is 1. The number of rotatable bonds is 5. The minimum Gasteiger partial charge on any atom is -0.488 e. The van der Waals surface area contributed by atoms with E-state index in [2.05, 4.69) is 17.2 Å². The van der Waals surface area contributed by atoms with Gasteiger partial charge in [0.05, 0.1) is 16.8 Å². The molecule has 0 aromatic heterocycles. The third-order valence-corrected chi connectivity index (χ3v) is 4.04. The highest BCUT2D eigenvalue weighted by Crippen LogP contribution is 2.29. The van der Waals surface area contributed by atoms with Gasteiger partial charge in [0, 0.05) is 17.1 Å². The van der Waals surface area contributed by atoms with Gasteiger partial charge in [0.15, 0.2) is 0 Å². The van der Waals surface area contributed by atoms with Gasteiger partial charge in [-0.05, 0) is 36.4 Å². The molecule has 0 saturated heterocycles. The van der Waals surface area contributed by atoms with Crippen molar-refractivity contribution in [2.75, 3.05) is 18.5 Å². The zero-order chi connectivity index (χ0) is 18.5. The minimum atomic E-state index is -0.334. The molecule has 2 N–H and O–H groups in total. The van der Waals surface area contributed by atoms with Gasteiger partial charge in [0.25, 0.3) is 11.8 Å². The van der Waals surface area contributed by atoms with Crippen molar-refractivity contribution < 1.29 is 14.3 Å². The van der Waals surface area contributed by atoms with Gasteiger partial charge in [-0.3, -0.25) is 9.59 Å². The number of amides is 2. The van der Waals surface area contributed by atoms with Crippen LogP contribution in [-0.4, -0.2) is 25.0 Å². The van der Waals surface area contributed by atoms with E-state index in [9.17, 15) is 9.59 Å². The molecule has 0 fully saturated rings. The first kappa shape index (κ1) is 17.8. The summed E-state index contributed by atoms with van der Waals surface area (Å²) in [4.78, 5) is 24.8. The number of para-hydroxylation sites is 1. The lowest BCUT2D eigenvalue weighted by Gasteiger charge is -2.18. The van der Waals surface area contributed by atoms with E-state index in [1.165, 1.54) is 0 Å². The smallest absolute Gasteiger partial charge is 0.255 e. The molecule has 0 bridgehead atoms. The second-order valence-electron chi connectivity index (χ2n) is 5.64. The molecule has 5 nitrogen and oxygen atoms in total. The molecule has 2 aromatic carbocycles. The number of hydrogen-bond acceptors (Lipinski definition) is 3. The van der Waals surface area contributed by atoms with Crippen LogP contribution in [0.2, 0.25) is 5.02 Å². The fraction of sp³-hybridized carbons (Fsp3) is 0.100. The summed E-state index contributed by atoms with van der Waals surface area (Å²) >= 11 is 5.99. The van der Waals surface area contributed by atoms with Crippen molar-refractivity contribution in [3.05, 3.63) is 76.8 Å². The van der Waals surface area contributed by atoms with E-state index in [0.29, 0.717) is 34.1 Å². The van der Waals surface area contributed by atoms with Crippen molar-refractivity contribution in [2.24, 2.45) is 0 Å². The van der Waals surface area contributed by atoms with Crippen LogP contribution in [0, 0.1) is 0 Å². The predicted octanol–water partition coefficient (Wildman–Crippen LogP) is 3.67. The average molecular weight is 369 g/mol. The summed E-state index contributed by atoms with van der Waals surface area (Å²) in [6.45, 7) is 4.06. The number of carbonyl (C=O) groups excluding carboxylic acids is 2. The molecule has 1 aliphatic heterocycles. The number of halogens is 1. The van der Waals surface area contributed by atoms with Crippen LogP contribution in [-0.2, 0) is 4.79 Å². The Hall–Kier alpha value is -3.05. The summed E-state index contributed by atoms with van der Waals surface area (Å²) in [7, 11) is 0. The standard InChI is InChI=1S/C20H17ClN2O3/c1-2-9-22-20(25)16-5-3-4-6-17(16)23-19(24)14-10-13-11-15(21)7-8-18(13)26-12-14/h2-8,10-11H,1,9,12H2,(H,22,25)(H,23,24). The average Bonchev–Trinajstić information content (AvgIpc) is 2.65. The molecule has 0 radical (unpaired) electrons. The van der Waals surface area contributed by atoms with E-state index in [0.717, 1.165) is 5.56 Å². The minimum absolute atomic E-state index is 0.144. The van der Waals surface area contributed by atoms with Crippen LogP contribution in [0.15, 0.2) is 60.7 Å². The quantitative estimate of drug-likeness (QED) is 0.791. The SMILES string of the molecule is C=CCNC(=O)c1ccccc1NC(=O)C1=Cc2cc(Cl)ccc2OC1. The van der Waals surface area contributed by atoms with Crippen LogP contribution < -0.4 is 15.4 Å². The van der Waals surface area contributed by atoms with Gasteiger partial charge in [-0.2, -0.15) is 0 Å². The molecule has 0 atom stereocenters. The third kappa shape index (κ3) is 3.95. The van der Waals surface area contributed by atoms with E-state index in [1.807, 2.05) is 0 Å². The predicted molar refractivity (Wildman–Crippen MR) is 103 cm³/mol. The molecule has 0 spiro atoms. The number of benzene rings is 2. The van der Waals surface area contributed by atoms with Gasteiger partial charge in [0.2, 0.25) is 0 Å². The molecular formula is C20H17ClN2O3. The zero-order valence-electron chi connectivity index (χ0n) is 13.9. The van der Waals surface area contributed by atoms with E-state index in [1.54, 1.807) is 54.6 Å². The summed E-state index contributed by atoms with van der Waals surface area (Å²) in [6.07, 6.45) is 3.33. The van der Waals surface area contributed by atoms with E-state index < -0.39 is 0 Å². The van der Waals surface area contributed by atoms with E-state index in [-0.39, 0.29) is 18.4 Å². The Bertz CT molecular complexity index is 906. The largest absolute Gasteiger partial charge is 0.488 e. The van der Waals surface area contributed by atoms with Crippen molar-refractivity contribution in [1.82, 2.24) is 5.32 Å². The van der Waals surface area contributed by atoms with Gasteiger partial charge in [0.1, 0.15) is 12.4 Å². The van der Waals surface area contributed by atoms with Gasteiger partial charge < -0.3 is 15.4 Å². The van der Waals surface area contributed by atoms with Gasteiger partial charge in [-0.15, -0.1) is 6.58 Å². The highest BCUT2D eigenvalue weighted by atomic mass is 35.5. The van der Waals surface area contributed by atoms with E-state index >= 15 is 0 Å². The van der Waals surface area contributed by atoms with Crippen LogP contribution in [0.5, 0.6) is 5.75 Å². The number of nitrogens with one attached hydrogen (secondary N) is 2. The van der Waals surface area contributed by atoms with Crippen molar-refractivity contribution in [1.29, 1.82) is 0 Å². The molecular weight excluding hydrogens is 352 g/mol. The highest BCUT2D eigenvalue weighted by molar-refractivity contribution is 6.30. The lowest BCUT2D eigenvalue weighted by atomic mass is 10.1. The van der Waals surface area contributed by atoms with Crippen molar-refractivity contribution in [2.45, 2.75) is 0 Å². The maximum atomic E-state index is 12.6. The first-order chi connectivity index (χ1) is 12.6. The molecule has 1 aliphatic rings. The fourth-order valence-electron chi connectivity index (χ4n) is 2.53. The maximum absolute atomic E-state index is 12.6. The molecule has 0 unspecified atom stereocenters. The molecule has 2 aromatic rings. The zero-order valence-corrected chi connectivity index (χ0v) is 14.7. The fourth-order valence-corrected chi connectivity index (χ4v) is 2.71. The number of fused-ring (bicyclic) bond motifs is 1. The molecule has 1 heterocycles.